The maximum Gasteiger partial charge on any atom is 0.165 e. The molecule has 0 unspecified atom stereocenters. The molecular weight excluding hydrogens is 200 g/mol. The maximum atomic E-state index is 10.0. The molecule has 2 aromatic rings. The van der Waals surface area contributed by atoms with E-state index >= 15 is 0 Å². The fourth-order valence-corrected chi connectivity index (χ4v) is 1.61. The third kappa shape index (κ3) is 2.11. The molecule has 0 aromatic heterocycles. The summed E-state index contributed by atoms with van der Waals surface area (Å²) in [5, 5.41) is 11.9. The molecular formula is C14H16O2. The molecule has 2 rings (SSSR count). The highest BCUT2D eigenvalue weighted by Crippen LogP contribution is 2.34. The van der Waals surface area contributed by atoms with E-state index in [-0.39, 0.29) is 5.75 Å². The van der Waals surface area contributed by atoms with E-state index in [1.807, 2.05) is 36.4 Å². The molecule has 0 aliphatic rings. The number of hydrogen-bond donors (Lipinski definition) is 1. The minimum absolute atomic E-state index is 0.235. The molecule has 2 heteroatoms. The first-order chi connectivity index (χ1) is 7.68. The normalized spacial score (nSPS) is 10.9. The van der Waals surface area contributed by atoms with E-state index in [9.17, 15) is 5.11 Å². The Kier molecular flexibility index (Phi) is 3.00. The molecule has 0 amide bonds. The van der Waals surface area contributed by atoms with Crippen molar-refractivity contribution in [3.63, 3.8) is 0 Å². The van der Waals surface area contributed by atoms with Gasteiger partial charge in [0.25, 0.3) is 0 Å². The van der Waals surface area contributed by atoms with Gasteiger partial charge in [-0.05, 0) is 17.4 Å². The van der Waals surface area contributed by atoms with E-state index in [0.717, 1.165) is 10.8 Å². The van der Waals surface area contributed by atoms with E-state index in [0.29, 0.717) is 18.3 Å². The first-order valence-corrected chi connectivity index (χ1v) is 5.52. The molecule has 0 bridgehead atoms. The van der Waals surface area contributed by atoms with Gasteiger partial charge in [-0.25, -0.2) is 0 Å². The lowest BCUT2D eigenvalue weighted by molar-refractivity contribution is 0.260. The lowest BCUT2D eigenvalue weighted by Crippen LogP contribution is -2.04. The van der Waals surface area contributed by atoms with Crippen LogP contribution in [0.4, 0.5) is 0 Å². The van der Waals surface area contributed by atoms with Crippen LogP contribution in [-0.4, -0.2) is 11.7 Å². The van der Waals surface area contributed by atoms with Gasteiger partial charge in [-0.1, -0.05) is 44.2 Å². The van der Waals surface area contributed by atoms with Crippen LogP contribution in [0.3, 0.4) is 0 Å². The lowest BCUT2D eigenvalue weighted by Gasteiger charge is -2.11. The third-order valence-corrected chi connectivity index (χ3v) is 2.44. The van der Waals surface area contributed by atoms with Crippen LogP contribution < -0.4 is 4.74 Å². The maximum absolute atomic E-state index is 10.0. The molecule has 2 nitrogen and oxygen atoms in total. The summed E-state index contributed by atoms with van der Waals surface area (Å²) in [6.45, 7) is 4.78. The zero-order valence-corrected chi connectivity index (χ0v) is 9.60. The Morgan fingerprint density at radius 1 is 1.12 bits per heavy atom. The summed E-state index contributed by atoms with van der Waals surface area (Å²) in [4.78, 5) is 0. The van der Waals surface area contributed by atoms with Gasteiger partial charge in [0, 0.05) is 5.39 Å². The summed E-state index contributed by atoms with van der Waals surface area (Å²) in [6.07, 6.45) is 0. The second-order valence-corrected chi connectivity index (χ2v) is 4.34. The molecule has 0 spiro atoms. The lowest BCUT2D eigenvalue weighted by atomic mass is 10.1. The molecule has 0 saturated carbocycles. The van der Waals surface area contributed by atoms with Crippen LogP contribution in [0.1, 0.15) is 13.8 Å². The number of phenols is 1. The van der Waals surface area contributed by atoms with Crippen molar-refractivity contribution in [2.45, 2.75) is 13.8 Å². The van der Waals surface area contributed by atoms with Crippen LogP contribution >= 0.6 is 0 Å². The molecule has 16 heavy (non-hydrogen) atoms. The van der Waals surface area contributed by atoms with Gasteiger partial charge in [0.05, 0.1) is 6.61 Å². The van der Waals surface area contributed by atoms with Crippen LogP contribution in [0.15, 0.2) is 36.4 Å². The number of phenolic OH excluding ortho intramolecular Hbond substituents is 1. The standard InChI is InChI=1S/C14H16O2/c1-10(2)9-16-13-8-7-11-5-3-4-6-12(11)14(13)15/h3-8,10,15H,9H2,1-2H3. The van der Waals surface area contributed by atoms with E-state index in [4.69, 9.17) is 4.74 Å². The van der Waals surface area contributed by atoms with Gasteiger partial charge >= 0.3 is 0 Å². The molecule has 0 aliphatic carbocycles. The van der Waals surface area contributed by atoms with Crippen molar-refractivity contribution in [3.8, 4) is 11.5 Å². The topological polar surface area (TPSA) is 29.5 Å². The second-order valence-electron chi connectivity index (χ2n) is 4.34. The fourth-order valence-electron chi connectivity index (χ4n) is 1.61. The van der Waals surface area contributed by atoms with E-state index in [1.165, 1.54) is 0 Å². The van der Waals surface area contributed by atoms with Crippen LogP contribution in [0.2, 0.25) is 0 Å². The van der Waals surface area contributed by atoms with E-state index < -0.39 is 0 Å². The minimum Gasteiger partial charge on any atom is -0.504 e. The Hall–Kier alpha value is -1.70. The number of hydrogen-bond acceptors (Lipinski definition) is 2. The molecule has 0 heterocycles. The van der Waals surface area contributed by atoms with Crippen molar-refractivity contribution in [1.29, 1.82) is 0 Å². The highest BCUT2D eigenvalue weighted by Gasteiger charge is 2.07. The van der Waals surface area contributed by atoms with Gasteiger partial charge in [-0.3, -0.25) is 0 Å². The Balaban J connectivity index is 2.37. The Labute approximate surface area is 95.5 Å². The van der Waals surface area contributed by atoms with Crippen molar-refractivity contribution in [1.82, 2.24) is 0 Å². The number of fused-ring (bicyclic) bond motifs is 1. The average molecular weight is 216 g/mol. The quantitative estimate of drug-likeness (QED) is 0.849. The second kappa shape index (κ2) is 4.44. The molecule has 0 saturated heterocycles. The predicted molar refractivity (Wildman–Crippen MR) is 65.9 cm³/mol. The first-order valence-electron chi connectivity index (χ1n) is 5.52. The monoisotopic (exact) mass is 216 g/mol. The molecule has 0 atom stereocenters. The van der Waals surface area contributed by atoms with Gasteiger partial charge in [0.1, 0.15) is 0 Å². The summed E-state index contributed by atoms with van der Waals surface area (Å²) < 4.78 is 5.56. The fraction of sp³-hybridized carbons (Fsp3) is 0.286. The van der Waals surface area contributed by atoms with Crippen LogP contribution in [0, 0.1) is 5.92 Å². The smallest absolute Gasteiger partial charge is 0.165 e. The summed E-state index contributed by atoms with van der Waals surface area (Å²) in [6, 6.07) is 11.5. The number of rotatable bonds is 3. The SMILES string of the molecule is CC(C)COc1ccc2ccccc2c1O. The zero-order chi connectivity index (χ0) is 11.5. The van der Waals surface area contributed by atoms with Crippen LogP contribution in [0.25, 0.3) is 10.8 Å². The largest absolute Gasteiger partial charge is 0.504 e. The molecule has 0 fully saturated rings. The Bertz CT molecular complexity index is 489. The van der Waals surface area contributed by atoms with Gasteiger partial charge in [0.15, 0.2) is 11.5 Å². The third-order valence-electron chi connectivity index (χ3n) is 2.44. The van der Waals surface area contributed by atoms with Crippen molar-refractivity contribution in [2.75, 3.05) is 6.61 Å². The molecule has 84 valence electrons. The predicted octanol–water partition coefficient (Wildman–Crippen LogP) is 3.58. The van der Waals surface area contributed by atoms with E-state index in [2.05, 4.69) is 13.8 Å². The van der Waals surface area contributed by atoms with Gasteiger partial charge < -0.3 is 9.84 Å². The number of benzene rings is 2. The number of aromatic hydroxyl groups is 1. The average Bonchev–Trinajstić information content (AvgIpc) is 2.28. The minimum atomic E-state index is 0.235. The van der Waals surface area contributed by atoms with Crippen LogP contribution in [0.5, 0.6) is 11.5 Å². The van der Waals surface area contributed by atoms with Crippen molar-refractivity contribution in [3.05, 3.63) is 36.4 Å². The zero-order valence-electron chi connectivity index (χ0n) is 9.60. The highest BCUT2D eigenvalue weighted by molar-refractivity contribution is 5.90. The molecule has 2 aromatic carbocycles. The molecule has 1 N–H and O–H groups in total. The first kappa shape index (κ1) is 10.8. The molecule has 0 radical (unpaired) electrons. The Morgan fingerprint density at radius 2 is 1.88 bits per heavy atom. The van der Waals surface area contributed by atoms with Crippen molar-refractivity contribution in [2.24, 2.45) is 5.92 Å². The summed E-state index contributed by atoms with van der Waals surface area (Å²) in [5.74, 6) is 1.25. The molecule has 0 aliphatic heterocycles. The highest BCUT2D eigenvalue weighted by atomic mass is 16.5. The van der Waals surface area contributed by atoms with E-state index in [1.54, 1.807) is 0 Å². The Morgan fingerprint density at radius 3 is 2.62 bits per heavy atom. The summed E-state index contributed by atoms with van der Waals surface area (Å²) in [7, 11) is 0. The van der Waals surface area contributed by atoms with Crippen LogP contribution in [-0.2, 0) is 0 Å². The summed E-state index contributed by atoms with van der Waals surface area (Å²) >= 11 is 0. The van der Waals surface area contributed by atoms with Gasteiger partial charge in [-0.15, -0.1) is 0 Å². The number of ether oxygens (including phenoxy) is 1. The van der Waals surface area contributed by atoms with Crippen molar-refractivity contribution < 1.29 is 9.84 Å². The van der Waals surface area contributed by atoms with Gasteiger partial charge in [-0.2, -0.15) is 0 Å². The van der Waals surface area contributed by atoms with Gasteiger partial charge in [0.2, 0.25) is 0 Å². The van der Waals surface area contributed by atoms with Crippen molar-refractivity contribution >= 4 is 10.8 Å². The summed E-state index contributed by atoms with van der Waals surface area (Å²) in [5.41, 5.74) is 0.